The van der Waals surface area contributed by atoms with Crippen molar-refractivity contribution in [1.29, 1.82) is 0 Å². The van der Waals surface area contributed by atoms with Crippen molar-refractivity contribution in [3.63, 3.8) is 0 Å². The zero-order chi connectivity index (χ0) is 12.0. The summed E-state index contributed by atoms with van der Waals surface area (Å²) in [5.41, 5.74) is 0.249. The van der Waals surface area contributed by atoms with E-state index >= 15 is 0 Å². The van der Waals surface area contributed by atoms with Gasteiger partial charge in [0.2, 0.25) is 0 Å². The quantitative estimate of drug-likeness (QED) is 0.677. The maximum absolute atomic E-state index is 10.5. The minimum atomic E-state index is -1.05. The summed E-state index contributed by atoms with van der Waals surface area (Å²) in [5, 5.41) is 17.2. The van der Waals surface area contributed by atoms with Gasteiger partial charge in [-0.2, -0.15) is 0 Å². The number of allylic oxidation sites excluding steroid dienone is 3. The Hall–Kier alpha value is -1.84. The third-order valence-electron chi connectivity index (χ3n) is 1.68. The molecule has 0 aromatic heterocycles. The molecule has 0 unspecified atom stereocenters. The predicted molar refractivity (Wildman–Crippen MR) is 56.2 cm³/mol. The molecule has 2 N–H and O–H groups in total. The maximum Gasteiger partial charge on any atom is 0.330 e. The molecule has 0 heterocycles. The molecule has 0 aromatic rings. The number of rotatable bonds is 5. The molecule has 0 aliphatic heterocycles. The lowest BCUT2D eigenvalue weighted by Crippen LogP contribution is -2.01. The van der Waals surface area contributed by atoms with Gasteiger partial charge in [-0.05, 0) is 13.8 Å². The second kappa shape index (κ2) is 5.80. The molecule has 0 aliphatic rings. The highest BCUT2D eigenvalue weighted by Crippen LogP contribution is 2.12. The summed E-state index contributed by atoms with van der Waals surface area (Å²) in [6, 6.07) is 0. The van der Waals surface area contributed by atoms with E-state index in [1.54, 1.807) is 0 Å². The molecule has 0 saturated carbocycles. The lowest BCUT2D eigenvalue weighted by molar-refractivity contribution is -0.133. The molecule has 81 valence electrons. The van der Waals surface area contributed by atoms with Crippen LogP contribution in [0.1, 0.15) is 13.8 Å². The highest BCUT2D eigenvalue weighted by molar-refractivity contribution is 5.88. The minimum absolute atomic E-state index is 0.124. The van der Waals surface area contributed by atoms with Gasteiger partial charge < -0.3 is 10.2 Å². The van der Waals surface area contributed by atoms with Crippen LogP contribution in [0.2, 0.25) is 0 Å². The maximum atomic E-state index is 10.5. The van der Waals surface area contributed by atoms with Crippen molar-refractivity contribution < 1.29 is 19.8 Å². The van der Waals surface area contributed by atoms with Gasteiger partial charge in [-0.3, -0.25) is 0 Å². The van der Waals surface area contributed by atoms with E-state index in [9.17, 15) is 9.59 Å². The van der Waals surface area contributed by atoms with Crippen LogP contribution >= 0.6 is 0 Å². The summed E-state index contributed by atoms with van der Waals surface area (Å²) in [6.07, 6.45) is 4.13. The molecule has 0 rings (SSSR count). The smallest absolute Gasteiger partial charge is 0.330 e. The first-order chi connectivity index (χ1) is 6.88. The number of carboxylic acids is 2. The molecule has 0 fully saturated rings. The van der Waals surface area contributed by atoms with Crippen molar-refractivity contribution in [2.45, 2.75) is 13.8 Å². The van der Waals surface area contributed by atoms with Crippen LogP contribution in [0.5, 0.6) is 0 Å². The Bertz CT molecular complexity index is 306. The third-order valence-corrected chi connectivity index (χ3v) is 1.68. The summed E-state index contributed by atoms with van der Waals surface area (Å²) >= 11 is 0. The van der Waals surface area contributed by atoms with E-state index in [-0.39, 0.29) is 11.1 Å². The second-order valence-electron chi connectivity index (χ2n) is 2.97. The molecular weight excluding hydrogens is 196 g/mol. The lowest BCUT2D eigenvalue weighted by atomic mass is 10.0. The van der Waals surface area contributed by atoms with Crippen LogP contribution in [-0.2, 0) is 9.59 Å². The fourth-order valence-electron chi connectivity index (χ4n) is 0.783. The Morgan fingerprint density at radius 2 is 1.33 bits per heavy atom. The molecule has 4 heteroatoms. The third kappa shape index (κ3) is 4.81. The van der Waals surface area contributed by atoms with Gasteiger partial charge in [-0.15, -0.1) is 6.58 Å². The molecular formula is C11H13O4. The topological polar surface area (TPSA) is 74.6 Å². The van der Waals surface area contributed by atoms with Crippen LogP contribution < -0.4 is 0 Å². The van der Waals surface area contributed by atoms with Gasteiger partial charge in [0.1, 0.15) is 0 Å². The summed E-state index contributed by atoms with van der Waals surface area (Å²) in [7, 11) is 0. The molecule has 15 heavy (non-hydrogen) atoms. The molecule has 0 bridgehead atoms. The number of aliphatic carboxylic acids is 2. The van der Waals surface area contributed by atoms with E-state index in [4.69, 9.17) is 10.2 Å². The molecule has 0 aliphatic carbocycles. The molecule has 0 spiro atoms. The van der Waals surface area contributed by atoms with Crippen LogP contribution in [0.25, 0.3) is 0 Å². The average Bonchev–Trinajstić information content (AvgIpc) is 2.15. The van der Waals surface area contributed by atoms with E-state index < -0.39 is 11.9 Å². The first kappa shape index (κ1) is 13.2. The fraction of sp³-hybridized carbons (Fsp3) is 0.182. The average molecular weight is 209 g/mol. The van der Waals surface area contributed by atoms with Crippen LogP contribution in [0, 0.1) is 5.92 Å². The van der Waals surface area contributed by atoms with Crippen molar-refractivity contribution >= 4 is 11.9 Å². The number of hydrogen-bond donors (Lipinski definition) is 2. The van der Waals surface area contributed by atoms with E-state index in [0.29, 0.717) is 5.92 Å². The minimum Gasteiger partial charge on any atom is -0.478 e. The number of hydrogen-bond acceptors (Lipinski definition) is 2. The van der Waals surface area contributed by atoms with Crippen LogP contribution in [0.4, 0.5) is 0 Å². The number of carboxylic acid groups (broad SMARTS) is 2. The molecule has 1 radical (unpaired) electrons. The van der Waals surface area contributed by atoms with Crippen LogP contribution in [0.3, 0.4) is 0 Å². The summed E-state index contributed by atoms with van der Waals surface area (Å²) in [6.45, 7) is 6.33. The Labute approximate surface area is 88.2 Å². The van der Waals surface area contributed by atoms with Crippen molar-refractivity contribution in [2.75, 3.05) is 0 Å². The zero-order valence-electron chi connectivity index (χ0n) is 8.65. The highest BCUT2D eigenvalue weighted by atomic mass is 16.4. The van der Waals surface area contributed by atoms with Crippen molar-refractivity contribution in [3.8, 4) is 0 Å². The number of carbonyl (C=O) groups is 2. The summed E-state index contributed by atoms with van der Waals surface area (Å²) < 4.78 is 0. The molecule has 0 saturated heterocycles. The van der Waals surface area contributed by atoms with Crippen molar-refractivity contribution in [2.24, 2.45) is 0 Å². The Morgan fingerprint density at radius 1 is 1.00 bits per heavy atom. The van der Waals surface area contributed by atoms with E-state index in [1.807, 2.05) is 0 Å². The highest BCUT2D eigenvalue weighted by Gasteiger charge is 2.06. The van der Waals surface area contributed by atoms with Crippen molar-refractivity contribution in [3.05, 3.63) is 41.9 Å². The largest absolute Gasteiger partial charge is 0.478 e. The molecule has 0 atom stereocenters. The predicted octanol–water partition coefficient (Wildman–Crippen LogP) is 1.81. The molecule has 4 nitrogen and oxygen atoms in total. The fourth-order valence-corrected chi connectivity index (χ4v) is 0.783. The van der Waals surface area contributed by atoms with Gasteiger partial charge in [-0.1, -0.05) is 18.2 Å². The molecule has 0 amide bonds. The Balaban J connectivity index is 4.88. The van der Waals surface area contributed by atoms with Crippen molar-refractivity contribution in [1.82, 2.24) is 0 Å². The van der Waals surface area contributed by atoms with Crippen LogP contribution in [-0.4, -0.2) is 22.2 Å². The normalized spacial score (nSPS) is 12.7. The van der Waals surface area contributed by atoms with E-state index in [0.717, 1.165) is 0 Å². The first-order valence-corrected chi connectivity index (χ1v) is 4.21. The van der Waals surface area contributed by atoms with E-state index in [2.05, 4.69) is 6.58 Å². The monoisotopic (exact) mass is 209 g/mol. The summed E-state index contributed by atoms with van der Waals surface area (Å²) in [5.74, 6) is -1.64. The zero-order valence-corrected chi connectivity index (χ0v) is 8.65. The van der Waals surface area contributed by atoms with Gasteiger partial charge >= 0.3 is 11.9 Å². The summed E-state index contributed by atoms with van der Waals surface area (Å²) in [4.78, 5) is 21.0. The Morgan fingerprint density at radius 3 is 1.53 bits per heavy atom. The lowest BCUT2D eigenvalue weighted by Gasteiger charge is -2.02. The second-order valence-corrected chi connectivity index (χ2v) is 2.97. The van der Waals surface area contributed by atoms with Gasteiger partial charge in [0, 0.05) is 17.1 Å². The van der Waals surface area contributed by atoms with Gasteiger partial charge in [0.25, 0.3) is 0 Å². The van der Waals surface area contributed by atoms with Gasteiger partial charge in [-0.25, -0.2) is 9.59 Å². The first-order valence-electron chi connectivity index (χ1n) is 4.21. The Kier molecular flexibility index (Phi) is 5.09. The van der Waals surface area contributed by atoms with Gasteiger partial charge in [0.15, 0.2) is 0 Å². The van der Waals surface area contributed by atoms with Crippen LogP contribution in [0.15, 0.2) is 36.0 Å². The standard InChI is InChI=1S/C11H13O4/c1-4-9(5-7(2)10(12)13)6-8(3)11(14)15/h4-6H,1H2,2-3H3,(H,12,13)(H,14,15). The molecule has 0 aromatic carbocycles. The SMILES string of the molecule is C=C[C](C=C(C)C(=O)O)C=C(C)C(=O)O. The van der Waals surface area contributed by atoms with E-state index in [1.165, 1.54) is 32.1 Å². The van der Waals surface area contributed by atoms with Gasteiger partial charge in [0.05, 0.1) is 0 Å².